The molecule has 6 nitrogen and oxygen atoms in total. The fourth-order valence-corrected chi connectivity index (χ4v) is 2.09. The average Bonchev–Trinajstić information content (AvgIpc) is 2.60. The van der Waals surface area contributed by atoms with Gasteiger partial charge in [0, 0.05) is 24.5 Å². The zero-order chi connectivity index (χ0) is 16.2. The van der Waals surface area contributed by atoms with Crippen molar-refractivity contribution in [1.29, 1.82) is 0 Å². The first-order valence-electron chi connectivity index (χ1n) is 6.86. The second-order valence-corrected chi connectivity index (χ2v) is 4.75. The van der Waals surface area contributed by atoms with Crippen molar-refractivity contribution in [3.8, 4) is 0 Å². The van der Waals surface area contributed by atoms with E-state index >= 15 is 0 Å². The Balaban J connectivity index is 1.80. The highest BCUT2D eigenvalue weighted by atomic mass is 19.1. The second kappa shape index (κ2) is 6.35. The summed E-state index contributed by atoms with van der Waals surface area (Å²) in [5, 5.41) is 3.01. The van der Waals surface area contributed by atoms with Crippen LogP contribution in [0.1, 0.15) is 15.9 Å². The first-order valence-corrected chi connectivity index (χ1v) is 6.86. The number of halogens is 1. The summed E-state index contributed by atoms with van der Waals surface area (Å²) in [6, 6.07) is 7.59. The van der Waals surface area contributed by atoms with Crippen molar-refractivity contribution in [1.82, 2.24) is 15.0 Å². The fraction of sp³-hybridized carbons (Fsp3) is 0.125. The van der Waals surface area contributed by atoms with E-state index in [9.17, 15) is 9.18 Å². The summed E-state index contributed by atoms with van der Waals surface area (Å²) in [5.41, 5.74) is 1.81. The van der Waals surface area contributed by atoms with E-state index in [0.717, 1.165) is 0 Å². The van der Waals surface area contributed by atoms with Crippen LogP contribution in [0, 0.1) is 5.82 Å². The Morgan fingerprint density at radius 1 is 1.22 bits per heavy atom. The summed E-state index contributed by atoms with van der Waals surface area (Å²) >= 11 is 0. The average molecular weight is 312 g/mol. The van der Waals surface area contributed by atoms with Crippen LogP contribution >= 0.6 is 0 Å². The Kier molecular flexibility index (Phi) is 4.09. The van der Waals surface area contributed by atoms with E-state index in [4.69, 9.17) is 0 Å². The fourth-order valence-electron chi connectivity index (χ4n) is 2.09. The van der Waals surface area contributed by atoms with Gasteiger partial charge < -0.3 is 10.1 Å². The lowest BCUT2D eigenvalue weighted by atomic mass is 10.1. The number of ether oxygens (including phenoxy) is 1. The maximum Gasteiger partial charge on any atom is 0.337 e. The van der Waals surface area contributed by atoms with Gasteiger partial charge in [-0.1, -0.05) is 0 Å². The number of carbonyl (C=O) groups is 1. The summed E-state index contributed by atoms with van der Waals surface area (Å²) in [6.45, 7) is 0.176. The number of methoxy groups -OCH3 is 1. The third kappa shape index (κ3) is 3.23. The van der Waals surface area contributed by atoms with Crippen LogP contribution in [0.25, 0.3) is 11.2 Å². The van der Waals surface area contributed by atoms with Crippen molar-refractivity contribution in [3.05, 3.63) is 59.7 Å². The van der Waals surface area contributed by atoms with Crippen molar-refractivity contribution in [2.24, 2.45) is 0 Å². The zero-order valence-electron chi connectivity index (χ0n) is 12.3. The van der Waals surface area contributed by atoms with Crippen LogP contribution in [0.5, 0.6) is 0 Å². The molecule has 0 radical (unpaired) electrons. The monoisotopic (exact) mass is 312 g/mol. The summed E-state index contributed by atoms with van der Waals surface area (Å²) < 4.78 is 18.5. The molecule has 0 saturated heterocycles. The van der Waals surface area contributed by atoms with Crippen LogP contribution in [-0.4, -0.2) is 28.0 Å². The van der Waals surface area contributed by atoms with Crippen LogP contribution in [-0.2, 0) is 11.3 Å². The van der Waals surface area contributed by atoms with Gasteiger partial charge in [0.25, 0.3) is 0 Å². The SMILES string of the molecule is COC(=O)c1ccc(F)c(CNc2ccc3nccnc3n2)c1. The van der Waals surface area contributed by atoms with Gasteiger partial charge in [-0.2, -0.15) is 0 Å². The molecular weight excluding hydrogens is 299 g/mol. The maximum absolute atomic E-state index is 13.9. The zero-order valence-corrected chi connectivity index (χ0v) is 12.3. The normalized spacial score (nSPS) is 10.5. The van der Waals surface area contributed by atoms with E-state index in [1.165, 1.54) is 25.3 Å². The molecular formula is C16H13FN4O2. The molecule has 23 heavy (non-hydrogen) atoms. The molecule has 0 bridgehead atoms. The molecule has 0 aliphatic heterocycles. The lowest BCUT2D eigenvalue weighted by molar-refractivity contribution is 0.0600. The molecule has 0 amide bonds. The molecule has 2 aromatic heterocycles. The third-order valence-corrected chi connectivity index (χ3v) is 3.26. The third-order valence-electron chi connectivity index (χ3n) is 3.26. The number of anilines is 1. The molecule has 0 fully saturated rings. The maximum atomic E-state index is 13.9. The largest absolute Gasteiger partial charge is 0.465 e. The van der Waals surface area contributed by atoms with Gasteiger partial charge in [-0.15, -0.1) is 0 Å². The minimum Gasteiger partial charge on any atom is -0.465 e. The van der Waals surface area contributed by atoms with Crippen LogP contribution in [0.4, 0.5) is 10.2 Å². The molecule has 2 heterocycles. The number of pyridine rings is 1. The Morgan fingerprint density at radius 3 is 2.87 bits per heavy atom. The minimum atomic E-state index is -0.509. The Hall–Kier alpha value is -3.09. The Bertz CT molecular complexity index is 870. The number of nitrogens with one attached hydrogen (secondary N) is 1. The highest BCUT2D eigenvalue weighted by molar-refractivity contribution is 5.89. The number of rotatable bonds is 4. The number of benzene rings is 1. The van der Waals surface area contributed by atoms with Gasteiger partial charge in [-0.3, -0.25) is 4.98 Å². The van der Waals surface area contributed by atoms with Crippen LogP contribution in [0.2, 0.25) is 0 Å². The lowest BCUT2D eigenvalue weighted by Gasteiger charge is -2.08. The summed E-state index contributed by atoms with van der Waals surface area (Å²) in [6.07, 6.45) is 3.14. The van der Waals surface area contributed by atoms with Gasteiger partial charge in [-0.25, -0.2) is 19.2 Å². The molecule has 0 aliphatic rings. The van der Waals surface area contributed by atoms with E-state index in [1.807, 2.05) is 0 Å². The molecule has 7 heteroatoms. The van der Waals surface area contributed by atoms with Gasteiger partial charge in [0.1, 0.15) is 17.2 Å². The summed E-state index contributed by atoms with van der Waals surface area (Å²) in [5.74, 6) is -0.378. The van der Waals surface area contributed by atoms with Gasteiger partial charge in [0.15, 0.2) is 5.65 Å². The van der Waals surface area contributed by atoms with Gasteiger partial charge in [-0.05, 0) is 30.3 Å². The van der Waals surface area contributed by atoms with Gasteiger partial charge in [0.05, 0.1) is 12.7 Å². The number of hydrogen-bond donors (Lipinski definition) is 1. The standard InChI is InChI=1S/C16H13FN4O2/c1-23-16(22)10-2-3-12(17)11(8-10)9-20-14-5-4-13-15(21-14)19-7-6-18-13/h2-8H,9H2,1H3,(H,19,20,21). The number of fused-ring (bicyclic) bond motifs is 1. The van der Waals surface area contributed by atoms with E-state index in [0.29, 0.717) is 28.1 Å². The van der Waals surface area contributed by atoms with Crippen molar-refractivity contribution in [3.63, 3.8) is 0 Å². The van der Waals surface area contributed by atoms with Crippen LogP contribution < -0.4 is 5.32 Å². The molecule has 1 N–H and O–H groups in total. The quantitative estimate of drug-likeness (QED) is 0.746. The van der Waals surface area contributed by atoms with E-state index in [-0.39, 0.29) is 6.54 Å². The molecule has 1 aromatic carbocycles. The number of carbonyl (C=O) groups excluding carboxylic acids is 1. The smallest absolute Gasteiger partial charge is 0.337 e. The minimum absolute atomic E-state index is 0.176. The number of hydrogen-bond acceptors (Lipinski definition) is 6. The van der Waals surface area contributed by atoms with Gasteiger partial charge in [0.2, 0.25) is 0 Å². The molecule has 3 rings (SSSR count). The van der Waals surface area contributed by atoms with Crippen molar-refractivity contribution in [2.75, 3.05) is 12.4 Å². The molecule has 0 spiro atoms. The van der Waals surface area contributed by atoms with Crippen LogP contribution in [0.3, 0.4) is 0 Å². The van der Waals surface area contributed by atoms with Crippen molar-refractivity contribution >= 4 is 23.0 Å². The van der Waals surface area contributed by atoms with Crippen molar-refractivity contribution in [2.45, 2.75) is 6.54 Å². The first-order chi connectivity index (χ1) is 11.2. The predicted octanol–water partition coefficient (Wildman–Crippen LogP) is 2.56. The molecule has 116 valence electrons. The highest BCUT2D eigenvalue weighted by Crippen LogP contribution is 2.15. The topological polar surface area (TPSA) is 77.0 Å². The molecule has 0 atom stereocenters. The molecule has 0 saturated carbocycles. The number of aromatic nitrogens is 3. The number of esters is 1. The van der Waals surface area contributed by atoms with Crippen molar-refractivity contribution < 1.29 is 13.9 Å². The van der Waals surface area contributed by atoms with E-state index < -0.39 is 11.8 Å². The Labute approximate surface area is 131 Å². The van der Waals surface area contributed by atoms with Crippen LogP contribution in [0.15, 0.2) is 42.7 Å². The lowest BCUT2D eigenvalue weighted by Crippen LogP contribution is -2.07. The molecule has 0 unspecified atom stereocenters. The highest BCUT2D eigenvalue weighted by Gasteiger charge is 2.10. The van der Waals surface area contributed by atoms with E-state index in [1.54, 1.807) is 24.5 Å². The second-order valence-electron chi connectivity index (χ2n) is 4.75. The predicted molar refractivity (Wildman–Crippen MR) is 82.4 cm³/mol. The summed E-state index contributed by atoms with van der Waals surface area (Å²) in [4.78, 5) is 24.0. The van der Waals surface area contributed by atoms with E-state index in [2.05, 4.69) is 25.0 Å². The molecule has 0 aliphatic carbocycles. The molecule has 3 aromatic rings. The Morgan fingerprint density at radius 2 is 2.04 bits per heavy atom. The first kappa shape index (κ1) is 14.8. The van der Waals surface area contributed by atoms with Gasteiger partial charge >= 0.3 is 5.97 Å². The number of nitrogens with zero attached hydrogens (tertiary/aromatic N) is 3. The summed E-state index contributed by atoms with van der Waals surface area (Å²) in [7, 11) is 1.28.